The van der Waals surface area contributed by atoms with Gasteiger partial charge in [0, 0.05) is 19.6 Å². The minimum absolute atomic E-state index is 0.110. The van der Waals surface area contributed by atoms with Gasteiger partial charge in [0.15, 0.2) is 5.58 Å². The van der Waals surface area contributed by atoms with Crippen molar-refractivity contribution in [1.29, 1.82) is 0 Å². The van der Waals surface area contributed by atoms with E-state index in [9.17, 15) is 14.0 Å². The number of carbonyl (C=O) groups excluding carboxylic acids is 1. The van der Waals surface area contributed by atoms with Crippen LogP contribution in [0.4, 0.5) is 4.39 Å². The molecule has 1 unspecified atom stereocenters. The Hall–Kier alpha value is -2.97. The molecule has 2 heterocycles. The van der Waals surface area contributed by atoms with Gasteiger partial charge >= 0.3 is 5.76 Å². The molecule has 1 aliphatic heterocycles. The van der Waals surface area contributed by atoms with Crippen LogP contribution in [-0.4, -0.2) is 48.2 Å². The molecule has 1 atom stereocenters. The number of morpholine rings is 1. The van der Waals surface area contributed by atoms with Crippen molar-refractivity contribution in [3.05, 3.63) is 70.5 Å². The summed E-state index contributed by atoms with van der Waals surface area (Å²) in [7, 11) is 0. The highest BCUT2D eigenvalue weighted by atomic mass is 19.1. The number of amides is 1. The summed E-state index contributed by atoms with van der Waals surface area (Å²) in [5, 5.41) is 2.91. The lowest BCUT2D eigenvalue weighted by Crippen LogP contribution is -2.44. The SMILES string of the molecule is O=C(Cn1c(=O)oc2ccccc21)NCC(c1ccc(F)cc1)N1CCOCC1. The largest absolute Gasteiger partial charge is 0.420 e. The van der Waals surface area contributed by atoms with Crippen molar-refractivity contribution in [2.75, 3.05) is 32.8 Å². The first-order chi connectivity index (χ1) is 14.1. The van der Waals surface area contributed by atoms with Crippen LogP contribution in [0.5, 0.6) is 0 Å². The first-order valence-corrected chi connectivity index (χ1v) is 9.54. The van der Waals surface area contributed by atoms with Crippen LogP contribution in [0.25, 0.3) is 11.1 Å². The number of nitrogens with one attached hydrogen (secondary N) is 1. The van der Waals surface area contributed by atoms with Crippen molar-refractivity contribution in [1.82, 2.24) is 14.8 Å². The van der Waals surface area contributed by atoms with E-state index in [4.69, 9.17) is 9.15 Å². The highest BCUT2D eigenvalue weighted by Crippen LogP contribution is 2.21. The van der Waals surface area contributed by atoms with Crippen LogP contribution < -0.4 is 11.1 Å². The first kappa shape index (κ1) is 19.4. The Morgan fingerprint density at radius 3 is 2.59 bits per heavy atom. The lowest BCUT2D eigenvalue weighted by molar-refractivity contribution is -0.122. The number of halogens is 1. The van der Waals surface area contributed by atoms with Gasteiger partial charge in [-0.3, -0.25) is 14.3 Å². The lowest BCUT2D eigenvalue weighted by atomic mass is 10.0. The Morgan fingerprint density at radius 2 is 1.83 bits per heavy atom. The number of hydrogen-bond donors (Lipinski definition) is 1. The fourth-order valence-electron chi connectivity index (χ4n) is 3.61. The lowest BCUT2D eigenvalue weighted by Gasteiger charge is -2.35. The molecule has 1 amide bonds. The molecule has 0 saturated carbocycles. The van der Waals surface area contributed by atoms with E-state index in [0.29, 0.717) is 30.9 Å². The van der Waals surface area contributed by atoms with E-state index in [1.807, 2.05) is 0 Å². The second-order valence-corrected chi connectivity index (χ2v) is 6.94. The molecule has 1 saturated heterocycles. The summed E-state index contributed by atoms with van der Waals surface area (Å²) in [6.07, 6.45) is 0. The zero-order chi connectivity index (χ0) is 20.2. The van der Waals surface area contributed by atoms with Gasteiger partial charge in [-0.15, -0.1) is 0 Å². The van der Waals surface area contributed by atoms with Crippen LogP contribution in [0.15, 0.2) is 57.7 Å². The van der Waals surface area contributed by atoms with Crippen LogP contribution in [0, 0.1) is 5.82 Å². The number of rotatable bonds is 6. The number of ether oxygens (including phenoxy) is 1. The third-order valence-electron chi connectivity index (χ3n) is 5.11. The van der Waals surface area contributed by atoms with Crippen LogP contribution >= 0.6 is 0 Å². The summed E-state index contributed by atoms with van der Waals surface area (Å²) >= 11 is 0. The maximum atomic E-state index is 13.3. The van der Waals surface area contributed by atoms with Gasteiger partial charge in [0.25, 0.3) is 0 Å². The maximum Gasteiger partial charge on any atom is 0.420 e. The van der Waals surface area contributed by atoms with Crippen LogP contribution in [-0.2, 0) is 16.1 Å². The standard InChI is InChI=1S/C21H22FN3O4/c22-16-7-5-15(6-8-16)18(24-9-11-28-12-10-24)13-23-20(26)14-25-17-3-1-2-4-19(17)29-21(25)27/h1-8,18H,9-14H2,(H,23,26). The highest BCUT2D eigenvalue weighted by Gasteiger charge is 2.23. The third kappa shape index (κ3) is 4.38. The molecule has 2 aromatic carbocycles. The van der Waals surface area contributed by atoms with Gasteiger partial charge in [-0.2, -0.15) is 0 Å². The summed E-state index contributed by atoms with van der Waals surface area (Å²) in [6.45, 7) is 2.89. The molecule has 7 nitrogen and oxygen atoms in total. The van der Waals surface area contributed by atoms with Gasteiger partial charge in [-0.05, 0) is 29.8 Å². The average Bonchev–Trinajstić information content (AvgIpc) is 3.05. The fraction of sp³-hybridized carbons (Fsp3) is 0.333. The summed E-state index contributed by atoms with van der Waals surface area (Å²) in [5.41, 5.74) is 1.94. The zero-order valence-corrected chi connectivity index (χ0v) is 15.8. The predicted molar refractivity (Wildman–Crippen MR) is 105 cm³/mol. The minimum atomic E-state index is -0.565. The van der Waals surface area contributed by atoms with Gasteiger partial charge in [-0.1, -0.05) is 24.3 Å². The quantitative estimate of drug-likeness (QED) is 0.685. The Labute approximate surface area is 166 Å². The molecule has 1 aliphatic rings. The van der Waals surface area contributed by atoms with Crippen molar-refractivity contribution in [2.24, 2.45) is 0 Å². The molecule has 1 fully saturated rings. The van der Waals surface area contributed by atoms with E-state index < -0.39 is 5.76 Å². The van der Waals surface area contributed by atoms with Gasteiger partial charge in [0.1, 0.15) is 12.4 Å². The maximum absolute atomic E-state index is 13.3. The Bertz CT molecular complexity index is 1040. The summed E-state index contributed by atoms with van der Waals surface area (Å²) in [4.78, 5) is 26.8. The van der Waals surface area contributed by atoms with E-state index in [2.05, 4.69) is 10.2 Å². The molecule has 0 aliphatic carbocycles. The van der Waals surface area contributed by atoms with Gasteiger partial charge < -0.3 is 14.5 Å². The minimum Gasteiger partial charge on any atom is -0.408 e. The van der Waals surface area contributed by atoms with E-state index in [1.165, 1.54) is 16.7 Å². The number of oxazole rings is 1. The first-order valence-electron chi connectivity index (χ1n) is 9.54. The van der Waals surface area contributed by atoms with E-state index in [0.717, 1.165) is 18.7 Å². The molecule has 1 aromatic heterocycles. The molecule has 29 heavy (non-hydrogen) atoms. The Balaban J connectivity index is 1.47. The number of nitrogens with zero attached hydrogens (tertiary/aromatic N) is 2. The molecule has 3 aromatic rings. The fourth-order valence-corrected chi connectivity index (χ4v) is 3.61. The molecular weight excluding hydrogens is 377 g/mol. The number of fused-ring (bicyclic) bond motifs is 1. The Morgan fingerprint density at radius 1 is 1.10 bits per heavy atom. The molecule has 8 heteroatoms. The van der Waals surface area contributed by atoms with Gasteiger partial charge in [0.05, 0.1) is 24.8 Å². The zero-order valence-electron chi connectivity index (χ0n) is 15.8. The smallest absolute Gasteiger partial charge is 0.408 e. The van der Waals surface area contributed by atoms with Crippen LogP contribution in [0.1, 0.15) is 11.6 Å². The van der Waals surface area contributed by atoms with Gasteiger partial charge in [0.2, 0.25) is 5.91 Å². The van der Waals surface area contributed by atoms with Crippen molar-refractivity contribution >= 4 is 17.0 Å². The number of aromatic nitrogens is 1. The molecule has 0 radical (unpaired) electrons. The molecule has 0 spiro atoms. The Kier molecular flexibility index (Phi) is 5.73. The second kappa shape index (κ2) is 8.59. The number of benzene rings is 2. The highest BCUT2D eigenvalue weighted by molar-refractivity contribution is 5.79. The van der Waals surface area contributed by atoms with E-state index in [-0.39, 0.29) is 24.3 Å². The van der Waals surface area contributed by atoms with Crippen molar-refractivity contribution < 1.29 is 18.3 Å². The van der Waals surface area contributed by atoms with Crippen molar-refractivity contribution in [3.63, 3.8) is 0 Å². The summed E-state index contributed by atoms with van der Waals surface area (Å²) in [6, 6.07) is 13.2. The predicted octanol–water partition coefficient (Wildman–Crippen LogP) is 1.92. The average molecular weight is 399 g/mol. The molecule has 1 N–H and O–H groups in total. The molecule has 152 valence electrons. The van der Waals surface area contributed by atoms with E-state index in [1.54, 1.807) is 36.4 Å². The van der Waals surface area contributed by atoms with Crippen molar-refractivity contribution in [2.45, 2.75) is 12.6 Å². The normalized spacial score (nSPS) is 16.0. The number of hydrogen-bond acceptors (Lipinski definition) is 5. The van der Waals surface area contributed by atoms with Crippen LogP contribution in [0.3, 0.4) is 0 Å². The van der Waals surface area contributed by atoms with Gasteiger partial charge in [-0.25, -0.2) is 9.18 Å². The van der Waals surface area contributed by atoms with Crippen LogP contribution in [0.2, 0.25) is 0 Å². The molecule has 4 rings (SSSR count). The number of para-hydroxylation sites is 2. The second-order valence-electron chi connectivity index (χ2n) is 6.94. The molecular formula is C21H22FN3O4. The van der Waals surface area contributed by atoms with Crippen molar-refractivity contribution in [3.8, 4) is 0 Å². The number of carbonyl (C=O) groups is 1. The molecule has 0 bridgehead atoms. The third-order valence-corrected chi connectivity index (χ3v) is 5.11. The monoisotopic (exact) mass is 399 g/mol. The summed E-state index contributed by atoms with van der Waals surface area (Å²) in [5.74, 6) is -1.16. The van der Waals surface area contributed by atoms with E-state index >= 15 is 0 Å². The topological polar surface area (TPSA) is 76.7 Å². The summed E-state index contributed by atoms with van der Waals surface area (Å²) < 4.78 is 25.2.